The van der Waals surface area contributed by atoms with E-state index in [4.69, 9.17) is 25.8 Å². The summed E-state index contributed by atoms with van der Waals surface area (Å²) in [7, 11) is 0. The molecule has 1 aromatic rings. The second-order valence-electron chi connectivity index (χ2n) is 4.39. The quantitative estimate of drug-likeness (QED) is 0.616. The van der Waals surface area contributed by atoms with Gasteiger partial charge in [-0.1, -0.05) is 11.6 Å². The van der Waals surface area contributed by atoms with Crippen molar-refractivity contribution in [3.63, 3.8) is 0 Å². The molecule has 5 heteroatoms. The third-order valence-corrected chi connectivity index (χ3v) is 3.09. The number of hydrogen-bond donors (Lipinski definition) is 0. The summed E-state index contributed by atoms with van der Waals surface area (Å²) >= 11 is 5.75. The summed E-state index contributed by atoms with van der Waals surface area (Å²) in [6, 6.07) is 6.74. The summed E-state index contributed by atoms with van der Waals surface area (Å²) in [5.74, 6) is 0.283. The highest BCUT2D eigenvalue weighted by Crippen LogP contribution is 2.17. The Morgan fingerprint density at radius 1 is 1.32 bits per heavy atom. The fraction of sp³-hybridized carbons (Fsp3) is 0.500. The molecule has 1 saturated heterocycles. The highest BCUT2D eigenvalue weighted by molar-refractivity contribution is 6.30. The van der Waals surface area contributed by atoms with Crippen LogP contribution in [-0.2, 0) is 14.3 Å². The number of ether oxygens (including phenoxy) is 3. The van der Waals surface area contributed by atoms with Gasteiger partial charge in [0, 0.05) is 11.4 Å². The molecule has 4 nitrogen and oxygen atoms in total. The van der Waals surface area contributed by atoms with Gasteiger partial charge in [-0.3, -0.25) is 4.79 Å². The van der Waals surface area contributed by atoms with E-state index in [1.54, 1.807) is 24.3 Å². The van der Waals surface area contributed by atoms with Crippen molar-refractivity contribution < 1.29 is 19.0 Å². The molecular weight excluding hydrogens is 268 g/mol. The van der Waals surface area contributed by atoms with Gasteiger partial charge in [0.1, 0.15) is 5.75 Å². The Morgan fingerprint density at radius 3 is 2.79 bits per heavy atom. The Kier molecular flexibility index (Phi) is 5.63. The molecule has 0 radical (unpaired) electrons. The summed E-state index contributed by atoms with van der Waals surface area (Å²) in [5, 5.41) is 0.620. The van der Waals surface area contributed by atoms with Gasteiger partial charge < -0.3 is 14.2 Å². The van der Waals surface area contributed by atoms with Crippen LogP contribution in [0.1, 0.15) is 19.3 Å². The van der Waals surface area contributed by atoms with Crippen LogP contribution < -0.4 is 4.74 Å². The van der Waals surface area contributed by atoms with E-state index >= 15 is 0 Å². The number of carbonyl (C=O) groups is 1. The van der Waals surface area contributed by atoms with E-state index in [1.807, 2.05) is 0 Å². The van der Waals surface area contributed by atoms with Crippen molar-refractivity contribution in [1.29, 1.82) is 0 Å². The molecule has 1 aliphatic rings. The first-order valence-corrected chi connectivity index (χ1v) is 6.77. The van der Waals surface area contributed by atoms with Gasteiger partial charge in [-0.05, 0) is 37.1 Å². The van der Waals surface area contributed by atoms with Crippen LogP contribution >= 0.6 is 11.6 Å². The van der Waals surface area contributed by atoms with Crippen LogP contribution in [0.25, 0.3) is 0 Å². The zero-order valence-electron chi connectivity index (χ0n) is 10.6. The van der Waals surface area contributed by atoms with Gasteiger partial charge in [0.15, 0.2) is 0 Å². The third-order valence-electron chi connectivity index (χ3n) is 2.84. The lowest BCUT2D eigenvalue weighted by Crippen LogP contribution is -2.28. The number of esters is 1. The van der Waals surface area contributed by atoms with E-state index in [2.05, 4.69) is 0 Å². The molecule has 0 spiro atoms. The summed E-state index contributed by atoms with van der Waals surface area (Å²) in [6.45, 7) is 1.92. The Hall–Kier alpha value is -1.10. The zero-order chi connectivity index (χ0) is 13.5. The van der Waals surface area contributed by atoms with Gasteiger partial charge in [-0.2, -0.15) is 0 Å². The lowest BCUT2D eigenvalue weighted by molar-refractivity contribution is -0.135. The van der Waals surface area contributed by atoms with E-state index < -0.39 is 0 Å². The normalized spacial score (nSPS) is 19.1. The first-order chi connectivity index (χ1) is 9.24. The summed E-state index contributed by atoms with van der Waals surface area (Å²) in [6.07, 6.45) is 2.04. The van der Waals surface area contributed by atoms with Gasteiger partial charge >= 0.3 is 5.97 Å². The topological polar surface area (TPSA) is 44.8 Å². The molecule has 1 aromatic carbocycles. The van der Waals surface area contributed by atoms with Gasteiger partial charge in [0.2, 0.25) is 0 Å². The maximum Gasteiger partial charge on any atom is 0.311 e. The Morgan fingerprint density at radius 2 is 2.11 bits per heavy atom. The molecule has 1 unspecified atom stereocenters. The minimum absolute atomic E-state index is 0.108. The molecule has 19 heavy (non-hydrogen) atoms. The Balaban J connectivity index is 1.65. The first kappa shape index (κ1) is 14.3. The SMILES string of the molecule is O=C(CCCC1COCCO1)Oc1ccc(Cl)cc1. The molecule has 1 aliphatic heterocycles. The van der Waals surface area contributed by atoms with Crippen LogP contribution in [0.4, 0.5) is 0 Å². The molecule has 0 saturated carbocycles. The van der Waals surface area contributed by atoms with Crippen molar-refractivity contribution >= 4 is 17.6 Å². The number of benzene rings is 1. The average molecular weight is 285 g/mol. The van der Waals surface area contributed by atoms with Crippen molar-refractivity contribution in [2.24, 2.45) is 0 Å². The second-order valence-corrected chi connectivity index (χ2v) is 4.82. The fourth-order valence-electron chi connectivity index (χ4n) is 1.86. The fourth-order valence-corrected chi connectivity index (χ4v) is 1.99. The lowest BCUT2D eigenvalue weighted by Gasteiger charge is -2.22. The van der Waals surface area contributed by atoms with Crippen molar-refractivity contribution in [2.75, 3.05) is 19.8 Å². The highest BCUT2D eigenvalue weighted by atomic mass is 35.5. The molecule has 1 heterocycles. The van der Waals surface area contributed by atoms with Crippen molar-refractivity contribution in [3.05, 3.63) is 29.3 Å². The summed E-state index contributed by atoms with van der Waals surface area (Å²) < 4.78 is 16.0. The van der Waals surface area contributed by atoms with Crippen molar-refractivity contribution in [1.82, 2.24) is 0 Å². The van der Waals surface area contributed by atoms with Gasteiger partial charge in [0.05, 0.1) is 25.9 Å². The first-order valence-electron chi connectivity index (χ1n) is 6.39. The predicted octanol–water partition coefficient (Wildman–Crippen LogP) is 2.83. The third kappa shape index (κ3) is 5.19. The molecule has 0 aliphatic carbocycles. The molecule has 0 N–H and O–H groups in total. The average Bonchev–Trinajstić information content (AvgIpc) is 2.43. The molecular formula is C14H17ClO4. The number of hydrogen-bond acceptors (Lipinski definition) is 4. The molecule has 0 amide bonds. The van der Waals surface area contributed by atoms with E-state index in [9.17, 15) is 4.79 Å². The van der Waals surface area contributed by atoms with Gasteiger partial charge in [-0.25, -0.2) is 0 Å². The monoisotopic (exact) mass is 284 g/mol. The van der Waals surface area contributed by atoms with E-state index in [0.29, 0.717) is 37.0 Å². The molecule has 2 rings (SSSR count). The smallest absolute Gasteiger partial charge is 0.311 e. The van der Waals surface area contributed by atoms with Gasteiger partial charge in [-0.15, -0.1) is 0 Å². The zero-order valence-corrected chi connectivity index (χ0v) is 11.4. The van der Waals surface area contributed by atoms with Crippen LogP contribution in [0, 0.1) is 0 Å². The molecule has 0 aromatic heterocycles. The molecule has 0 bridgehead atoms. The Labute approximate surface area is 117 Å². The number of halogens is 1. The van der Waals surface area contributed by atoms with E-state index in [-0.39, 0.29) is 12.1 Å². The lowest BCUT2D eigenvalue weighted by atomic mass is 10.1. The molecule has 104 valence electrons. The minimum Gasteiger partial charge on any atom is -0.427 e. The largest absolute Gasteiger partial charge is 0.427 e. The second kappa shape index (κ2) is 7.48. The van der Waals surface area contributed by atoms with Crippen molar-refractivity contribution in [3.8, 4) is 5.75 Å². The van der Waals surface area contributed by atoms with E-state index in [1.165, 1.54) is 0 Å². The van der Waals surface area contributed by atoms with Crippen LogP contribution in [0.5, 0.6) is 5.75 Å². The summed E-state index contributed by atoms with van der Waals surface area (Å²) in [4.78, 5) is 11.6. The van der Waals surface area contributed by atoms with Crippen molar-refractivity contribution in [2.45, 2.75) is 25.4 Å². The predicted molar refractivity (Wildman–Crippen MR) is 71.5 cm³/mol. The van der Waals surface area contributed by atoms with Crippen LogP contribution in [-0.4, -0.2) is 31.9 Å². The maximum absolute atomic E-state index is 11.6. The minimum atomic E-state index is -0.237. The van der Waals surface area contributed by atoms with E-state index in [0.717, 1.165) is 12.8 Å². The molecule has 1 fully saturated rings. The Bertz CT molecular complexity index is 398. The number of rotatable bonds is 5. The van der Waals surface area contributed by atoms with Gasteiger partial charge in [0.25, 0.3) is 0 Å². The highest BCUT2D eigenvalue weighted by Gasteiger charge is 2.14. The molecule has 1 atom stereocenters. The van der Waals surface area contributed by atoms with Crippen LogP contribution in [0.3, 0.4) is 0 Å². The number of carbonyl (C=O) groups excluding carboxylic acids is 1. The summed E-state index contributed by atoms with van der Waals surface area (Å²) in [5.41, 5.74) is 0. The van der Waals surface area contributed by atoms with Crippen LogP contribution in [0.2, 0.25) is 5.02 Å². The van der Waals surface area contributed by atoms with Crippen LogP contribution in [0.15, 0.2) is 24.3 Å². The standard InChI is InChI=1S/C14H17ClO4/c15-11-4-6-12(7-5-11)19-14(16)3-1-2-13-10-17-8-9-18-13/h4-7,13H,1-3,8-10H2. The maximum atomic E-state index is 11.6.